The van der Waals surface area contributed by atoms with Crippen LogP contribution in [0.5, 0.6) is 11.5 Å². The molecule has 1 aliphatic heterocycles. The molecule has 1 aliphatic rings. The molecule has 0 spiro atoms. The molecule has 2 aromatic carbocycles. The lowest BCUT2D eigenvalue weighted by atomic mass is 10.1. The van der Waals surface area contributed by atoms with Gasteiger partial charge in [-0.1, -0.05) is 12.1 Å². The molecule has 0 fully saturated rings. The molecule has 1 heterocycles. The SMILES string of the molecule is CCOC(=O)COc1ccc(/C=C2\C(=O)N(c3cccc(C(F)(F)F)c3)N=C2C)cc1OCC. The Morgan fingerprint density at radius 1 is 1.06 bits per heavy atom. The summed E-state index contributed by atoms with van der Waals surface area (Å²) < 4.78 is 55.1. The number of nitrogens with zero attached hydrogens (tertiary/aromatic N) is 2. The minimum atomic E-state index is -4.54. The van der Waals surface area contributed by atoms with E-state index >= 15 is 0 Å². The molecule has 0 aliphatic carbocycles. The first-order valence-corrected chi connectivity index (χ1v) is 10.5. The highest BCUT2D eigenvalue weighted by atomic mass is 19.4. The largest absolute Gasteiger partial charge is 0.490 e. The van der Waals surface area contributed by atoms with Gasteiger partial charge in [0.25, 0.3) is 5.91 Å². The molecule has 180 valence electrons. The van der Waals surface area contributed by atoms with Crippen LogP contribution in [0.25, 0.3) is 6.08 Å². The Morgan fingerprint density at radius 3 is 2.50 bits per heavy atom. The van der Waals surface area contributed by atoms with E-state index in [1.165, 1.54) is 12.1 Å². The minimum absolute atomic E-state index is 0.0142. The van der Waals surface area contributed by atoms with Crippen molar-refractivity contribution in [3.05, 3.63) is 59.2 Å². The van der Waals surface area contributed by atoms with E-state index in [4.69, 9.17) is 14.2 Å². The van der Waals surface area contributed by atoms with Crippen LogP contribution in [0.15, 0.2) is 53.1 Å². The zero-order valence-electron chi connectivity index (χ0n) is 18.8. The lowest BCUT2D eigenvalue weighted by Crippen LogP contribution is -2.21. The third-order valence-electron chi connectivity index (χ3n) is 4.71. The number of rotatable bonds is 8. The highest BCUT2D eigenvalue weighted by Gasteiger charge is 2.33. The summed E-state index contributed by atoms with van der Waals surface area (Å²) in [6, 6.07) is 9.29. The number of ether oxygens (including phenoxy) is 3. The molecule has 0 saturated heterocycles. The second-order valence-corrected chi connectivity index (χ2v) is 7.14. The first-order valence-electron chi connectivity index (χ1n) is 10.5. The molecule has 10 heteroatoms. The Bertz CT molecular complexity index is 1140. The number of carbonyl (C=O) groups excluding carboxylic acids is 2. The van der Waals surface area contributed by atoms with Crippen molar-refractivity contribution >= 4 is 29.4 Å². The number of esters is 1. The van der Waals surface area contributed by atoms with Gasteiger partial charge in [-0.25, -0.2) is 4.79 Å². The van der Waals surface area contributed by atoms with Gasteiger partial charge in [0.05, 0.1) is 35.7 Å². The quantitative estimate of drug-likeness (QED) is 0.402. The number of anilines is 1. The zero-order valence-corrected chi connectivity index (χ0v) is 18.8. The second kappa shape index (κ2) is 10.4. The molecule has 34 heavy (non-hydrogen) atoms. The molecule has 0 aromatic heterocycles. The molecular formula is C24H23F3N2O5. The molecule has 7 nitrogen and oxygen atoms in total. The van der Waals surface area contributed by atoms with E-state index in [9.17, 15) is 22.8 Å². The van der Waals surface area contributed by atoms with Crippen LogP contribution in [-0.2, 0) is 20.5 Å². The average molecular weight is 476 g/mol. The van der Waals surface area contributed by atoms with Crippen LogP contribution >= 0.6 is 0 Å². The number of hydrogen-bond acceptors (Lipinski definition) is 6. The van der Waals surface area contributed by atoms with Crippen LogP contribution in [0.3, 0.4) is 0 Å². The first kappa shape index (κ1) is 24.8. The number of amides is 1. The number of hydrazone groups is 1. The van der Waals surface area contributed by atoms with Crippen molar-refractivity contribution in [2.45, 2.75) is 26.9 Å². The number of alkyl halides is 3. The number of carbonyl (C=O) groups is 2. The number of halogens is 3. The predicted molar refractivity (Wildman–Crippen MR) is 120 cm³/mol. The first-order chi connectivity index (χ1) is 16.1. The van der Waals surface area contributed by atoms with Gasteiger partial charge in [-0.05, 0) is 62.7 Å². The van der Waals surface area contributed by atoms with Crippen LogP contribution in [0, 0.1) is 0 Å². The van der Waals surface area contributed by atoms with Crippen LogP contribution in [0.1, 0.15) is 31.9 Å². The summed E-state index contributed by atoms with van der Waals surface area (Å²) in [6.45, 7) is 5.35. The van der Waals surface area contributed by atoms with Crippen LogP contribution in [0.4, 0.5) is 18.9 Å². The summed E-state index contributed by atoms with van der Waals surface area (Å²) in [4.78, 5) is 24.5. The summed E-state index contributed by atoms with van der Waals surface area (Å²) in [5, 5.41) is 5.08. The summed E-state index contributed by atoms with van der Waals surface area (Å²) in [5.74, 6) is -0.395. The van der Waals surface area contributed by atoms with E-state index in [1.54, 1.807) is 45.0 Å². The van der Waals surface area contributed by atoms with E-state index in [0.29, 0.717) is 29.4 Å². The zero-order chi connectivity index (χ0) is 24.9. The molecule has 0 radical (unpaired) electrons. The normalized spacial score (nSPS) is 14.9. The van der Waals surface area contributed by atoms with E-state index in [1.807, 2.05) is 0 Å². The Labute approximate surface area is 194 Å². The van der Waals surface area contributed by atoms with Crippen LogP contribution in [0.2, 0.25) is 0 Å². The van der Waals surface area contributed by atoms with E-state index < -0.39 is 23.6 Å². The van der Waals surface area contributed by atoms with Crippen molar-refractivity contribution in [3.8, 4) is 11.5 Å². The summed E-state index contributed by atoms with van der Waals surface area (Å²) in [6.07, 6.45) is -2.98. The highest BCUT2D eigenvalue weighted by Crippen LogP contribution is 2.34. The summed E-state index contributed by atoms with van der Waals surface area (Å²) >= 11 is 0. The van der Waals surface area contributed by atoms with Gasteiger partial charge in [-0.3, -0.25) is 4.79 Å². The van der Waals surface area contributed by atoms with Gasteiger partial charge in [0.15, 0.2) is 18.1 Å². The molecule has 0 unspecified atom stereocenters. The van der Waals surface area contributed by atoms with Gasteiger partial charge in [0, 0.05) is 0 Å². The highest BCUT2D eigenvalue weighted by molar-refractivity contribution is 6.32. The number of benzene rings is 2. The van der Waals surface area contributed by atoms with Gasteiger partial charge in [-0.15, -0.1) is 0 Å². The van der Waals surface area contributed by atoms with Crippen LogP contribution in [-0.4, -0.2) is 37.4 Å². The Morgan fingerprint density at radius 2 is 1.82 bits per heavy atom. The van der Waals surface area contributed by atoms with E-state index in [0.717, 1.165) is 17.1 Å². The van der Waals surface area contributed by atoms with Crippen molar-refractivity contribution in [1.29, 1.82) is 0 Å². The van der Waals surface area contributed by atoms with Gasteiger partial charge >= 0.3 is 12.1 Å². The van der Waals surface area contributed by atoms with Crippen molar-refractivity contribution < 1.29 is 37.0 Å². The molecule has 0 N–H and O–H groups in total. The second-order valence-electron chi connectivity index (χ2n) is 7.14. The smallest absolute Gasteiger partial charge is 0.416 e. The Balaban J connectivity index is 1.85. The maximum atomic E-state index is 13.1. The van der Waals surface area contributed by atoms with Crippen molar-refractivity contribution in [1.82, 2.24) is 0 Å². The Kier molecular flexibility index (Phi) is 7.60. The molecule has 3 rings (SSSR count). The molecular weight excluding hydrogens is 453 g/mol. The number of hydrogen-bond donors (Lipinski definition) is 0. The maximum absolute atomic E-state index is 13.1. The van der Waals surface area contributed by atoms with Crippen LogP contribution < -0.4 is 14.5 Å². The molecule has 0 atom stereocenters. The third-order valence-corrected chi connectivity index (χ3v) is 4.71. The fourth-order valence-corrected chi connectivity index (χ4v) is 3.18. The molecule has 0 bridgehead atoms. The fraction of sp³-hybridized carbons (Fsp3) is 0.292. The lowest BCUT2D eigenvalue weighted by molar-refractivity contribution is -0.145. The standard InChI is InChI=1S/C24H23F3N2O5/c1-4-32-21-12-16(9-10-20(21)34-14-22(30)33-5-2)11-19-15(3)28-29(23(19)31)18-8-6-7-17(13-18)24(25,26)27/h6-13H,4-5,14H2,1-3H3/b19-11-. The van der Waals surface area contributed by atoms with E-state index in [2.05, 4.69) is 5.10 Å². The topological polar surface area (TPSA) is 77.4 Å². The van der Waals surface area contributed by atoms with Gasteiger partial charge in [0.1, 0.15) is 0 Å². The van der Waals surface area contributed by atoms with Crippen molar-refractivity contribution in [2.75, 3.05) is 24.8 Å². The minimum Gasteiger partial charge on any atom is -0.490 e. The van der Waals surface area contributed by atoms with Crippen molar-refractivity contribution in [2.24, 2.45) is 5.10 Å². The monoisotopic (exact) mass is 476 g/mol. The average Bonchev–Trinajstić information content (AvgIpc) is 3.07. The summed E-state index contributed by atoms with van der Waals surface area (Å²) in [5.41, 5.74) is 0.293. The molecule has 2 aromatic rings. The summed E-state index contributed by atoms with van der Waals surface area (Å²) in [7, 11) is 0. The molecule has 1 amide bonds. The fourth-order valence-electron chi connectivity index (χ4n) is 3.18. The lowest BCUT2D eigenvalue weighted by Gasteiger charge is -2.14. The maximum Gasteiger partial charge on any atom is 0.416 e. The van der Waals surface area contributed by atoms with Gasteiger partial charge in [0.2, 0.25) is 0 Å². The molecule has 0 saturated carbocycles. The van der Waals surface area contributed by atoms with Gasteiger partial charge < -0.3 is 14.2 Å². The van der Waals surface area contributed by atoms with Crippen molar-refractivity contribution in [3.63, 3.8) is 0 Å². The third kappa shape index (κ3) is 5.75. The Hall–Kier alpha value is -3.82. The predicted octanol–water partition coefficient (Wildman–Crippen LogP) is 4.85. The van der Waals surface area contributed by atoms with E-state index in [-0.39, 0.29) is 24.5 Å². The van der Waals surface area contributed by atoms with Gasteiger partial charge in [-0.2, -0.15) is 23.3 Å².